The molecule has 114 valence electrons. The Kier molecular flexibility index (Phi) is 4.15. The van der Waals surface area contributed by atoms with Crippen LogP contribution in [-0.2, 0) is 11.2 Å². The summed E-state index contributed by atoms with van der Waals surface area (Å²) in [5.41, 5.74) is 2.06. The van der Waals surface area contributed by atoms with E-state index in [1.807, 2.05) is 18.2 Å². The number of aromatic nitrogens is 1. The second-order valence-corrected chi connectivity index (χ2v) is 5.57. The quantitative estimate of drug-likeness (QED) is 0.909. The van der Waals surface area contributed by atoms with Crippen molar-refractivity contribution in [2.24, 2.45) is 0 Å². The van der Waals surface area contributed by atoms with Crippen molar-refractivity contribution in [1.29, 1.82) is 0 Å². The summed E-state index contributed by atoms with van der Waals surface area (Å²) in [5.74, 6) is 1.24. The zero-order valence-electron chi connectivity index (χ0n) is 12.1. The largest absolute Gasteiger partial charge is 0.493 e. The molecule has 0 radical (unpaired) electrons. The number of amides is 1. The molecule has 0 spiro atoms. The number of benzene rings is 1. The topological polar surface area (TPSA) is 63.2 Å². The zero-order chi connectivity index (χ0) is 15.5. The van der Waals surface area contributed by atoms with Crippen molar-refractivity contribution >= 4 is 29.0 Å². The maximum atomic E-state index is 12.2. The van der Waals surface area contributed by atoms with Gasteiger partial charge >= 0.3 is 0 Å². The van der Waals surface area contributed by atoms with Gasteiger partial charge in [-0.2, -0.15) is 0 Å². The van der Waals surface area contributed by atoms with Crippen LogP contribution >= 0.6 is 11.6 Å². The third kappa shape index (κ3) is 3.31. The lowest BCUT2D eigenvalue weighted by atomic mass is 10.1. The van der Waals surface area contributed by atoms with E-state index < -0.39 is 6.04 Å². The van der Waals surface area contributed by atoms with Gasteiger partial charge in [0.1, 0.15) is 17.6 Å². The fraction of sp³-hybridized carbons (Fsp3) is 0.250. The monoisotopic (exact) mass is 317 g/mol. The number of halogens is 1. The van der Waals surface area contributed by atoms with E-state index in [9.17, 15) is 4.79 Å². The molecule has 0 bridgehead atoms. The van der Waals surface area contributed by atoms with Gasteiger partial charge < -0.3 is 15.4 Å². The van der Waals surface area contributed by atoms with Crippen LogP contribution in [0, 0.1) is 0 Å². The average molecular weight is 318 g/mol. The molecule has 1 atom stereocenters. The number of hydrogen-bond donors (Lipinski definition) is 2. The fourth-order valence-electron chi connectivity index (χ4n) is 2.28. The number of hydrogen-bond acceptors (Lipinski definition) is 4. The molecule has 0 fully saturated rings. The molecule has 22 heavy (non-hydrogen) atoms. The Morgan fingerprint density at radius 3 is 3.00 bits per heavy atom. The van der Waals surface area contributed by atoms with Gasteiger partial charge in [0.25, 0.3) is 0 Å². The number of pyridine rings is 1. The number of nitrogens with zero attached hydrogens (tertiary/aromatic N) is 1. The number of anilines is 2. The molecule has 2 aromatic rings. The van der Waals surface area contributed by atoms with Crippen molar-refractivity contribution in [3.05, 3.63) is 47.1 Å². The molecule has 2 heterocycles. The highest BCUT2D eigenvalue weighted by Crippen LogP contribution is 2.28. The van der Waals surface area contributed by atoms with E-state index in [-0.39, 0.29) is 5.91 Å². The first-order valence-corrected chi connectivity index (χ1v) is 7.44. The number of carbonyl (C=O) groups excluding carboxylic acids is 1. The van der Waals surface area contributed by atoms with Crippen molar-refractivity contribution in [2.75, 3.05) is 17.2 Å². The molecule has 1 aliphatic heterocycles. The predicted molar refractivity (Wildman–Crippen MR) is 86.6 cm³/mol. The van der Waals surface area contributed by atoms with Gasteiger partial charge in [0.2, 0.25) is 5.91 Å². The van der Waals surface area contributed by atoms with Crippen molar-refractivity contribution in [3.8, 4) is 5.75 Å². The Labute approximate surface area is 133 Å². The van der Waals surface area contributed by atoms with Gasteiger partial charge in [-0.1, -0.05) is 11.6 Å². The molecule has 1 aliphatic rings. The van der Waals surface area contributed by atoms with Crippen molar-refractivity contribution in [3.63, 3.8) is 0 Å². The summed E-state index contributed by atoms with van der Waals surface area (Å²) in [6, 6.07) is 8.82. The van der Waals surface area contributed by atoms with Crippen molar-refractivity contribution < 1.29 is 9.53 Å². The van der Waals surface area contributed by atoms with Crippen LogP contribution in [0.25, 0.3) is 0 Å². The van der Waals surface area contributed by atoms with Gasteiger partial charge in [-0.25, -0.2) is 4.98 Å². The van der Waals surface area contributed by atoms with Gasteiger partial charge in [-0.15, -0.1) is 0 Å². The highest BCUT2D eigenvalue weighted by Gasteiger charge is 2.16. The molecular weight excluding hydrogens is 302 g/mol. The number of carbonyl (C=O) groups is 1. The highest BCUT2D eigenvalue weighted by molar-refractivity contribution is 6.30. The Balaban J connectivity index is 1.62. The van der Waals surface area contributed by atoms with Crippen LogP contribution in [0.3, 0.4) is 0 Å². The SMILES string of the molecule is C[C@@H](Nc1ccc2c(c1)CCO2)C(=O)Nc1ccc(Cl)cn1. The molecule has 1 aromatic carbocycles. The Morgan fingerprint density at radius 2 is 2.23 bits per heavy atom. The lowest BCUT2D eigenvalue weighted by molar-refractivity contribution is -0.116. The first kappa shape index (κ1) is 14.7. The Morgan fingerprint density at radius 1 is 1.36 bits per heavy atom. The minimum absolute atomic E-state index is 0.161. The van der Waals surface area contributed by atoms with Crippen molar-refractivity contribution in [1.82, 2.24) is 4.98 Å². The van der Waals surface area contributed by atoms with E-state index in [0.717, 1.165) is 30.0 Å². The molecule has 0 unspecified atom stereocenters. The summed E-state index contributed by atoms with van der Waals surface area (Å²) < 4.78 is 5.47. The van der Waals surface area contributed by atoms with Gasteiger partial charge in [0.15, 0.2) is 0 Å². The molecule has 1 amide bonds. The molecule has 1 aromatic heterocycles. The first-order valence-electron chi connectivity index (χ1n) is 7.06. The number of ether oxygens (including phenoxy) is 1. The fourth-order valence-corrected chi connectivity index (χ4v) is 2.39. The van der Waals surface area contributed by atoms with E-state index in [2.05, 4.69) is 15.6 Å². The molecule has 2 N–H and O–H groups in total. The maximum Gasteiger partial charge on any atom is 0.247 e. The summed E-state index contributed by atoms with van der Waals surface area (Å²) in [6.07, 6.45) is 2.40. The molecule has 6 heteroatoms. The van der Waals surface area contributed by atoms with Crippen LogP contribution in [0.2, 0.25) is 5.02 Å². The van der Waals surface area contributed by atoms with E-state index in [1.54, 1.807) is 19.1 Å². The molecule has 3 rings (SSSR count). The second kappa shape index (κ2) is 6.23. The van der Waals surface area contributed by atoms with E-state index in [0.29, 0.717) is 10.8 Å². The van der Waals surface area contributed by atoms with Crippen molar-refractivity contribution in [2.45, 2.75) is 19.4 Å². The standard InChI is InChI=1S/C16H16ClN3O2/c1-10(16(21)20-15-5-2-12(17)9-18-15)19-13-3-4-14-11(8-13)6-7-22-14/h2-5,8-10,19H,6-7H2,1H3,(H,18,20,21)/t10-/m1/s1. The van der Waals surface area contributed by atoms with Gasteiger partial charge in [0.05, 0.1) is 11.6 Å². The van der Waals surface area contributed by atoms with Crippen LogP contribution < -0.4 is 15.4 Å². The third-order valence-electron chi connectivity index (χ3n) is 3.44. The van der Waals surface area contributed by atoms with Gasteiger partial charge in [-0.3, -0.25) is 4.79 Å². The summed E-state index contributed by atoms with van der Waals surface area (Å²) in [4.78, 5) is 16.2. The van der Waals surface area contributed by atoms with Crippen LogP contribution in [0.4, 0.5) is 11.5 Å². The minimum Gasteiger partial charge on any atom is -0.493 e. The average Bonchev–Trinajstić information content (AvgIpc) is 2.97. The molecule has 0 aliphatic carbocycles. The number of fused-ring (bicyclic) bond motifs is 1. The first-order chi connectivity index (χ1) is 10.6. The predicted octanol–water partition coefficient (Wildman–Crippen LogP) is 3.11. The van der Waals surface area contributed by atoms with E-state index >= 15 is 0 Å². The lowest BCUT2D eigenvalue weighted by Gasteiger charge is -2.15. The summed E-state index contributed by atoms with van der Waals surface area (Å²) in [6.45, 7) is 2.52. The van der Waals surface area contributed by atoms with Crippen LogP contribution in [0.1, 0.15) is 12.5 Å². The lowest BCUT2D eigenvalue weighted by Crippen LogP contribution is -2.32. The van der Waals surface area contributed by atoms with Gasteiger partial charge in [-0.05, 0) is 42.8 Å². The second-order valence-electron chi connectivity index (χ2n) is 5.14. The summed E-state index contributed by atoms with van der Waals surface area (Å²) in [5, 5.41) is 6.46. The van der Waals surface area contributed by atoms with Crippen LogP contribution in [0.15, 0.2) is 36.5 Å². The third-order valence-corrected chi connectivity index (χ3v) is 3.67. The van der Waals surface area contributed by atoms with Crippen LogP contribution in [-0.4, -0.2) is 23.5 Å². The van der Waals surface area contributed by atoms with E-state index in [1.165, 1.54) is 6.20 Å². The minimum atomic E-state index is -0.391. The van der Waals surface area contributed by atoms with E-state index in [4.69, 9.17) is 16.3 Å². The summed E-state index contributed by atoms with van der Waals surface area (Å²) >= 11 is 5.77. The van der Waals surface area contributed by atoms with Crippen LogP contribution in [0.5, 0.6) is 5.75 Å². The normalized spacial score (nSPS) is 13.9. The van der Waals surface area contributed by atoms with Gasteiger partial charge in [0, 0.05) is 18.3 Å². The molecule has 5 nitrogen and oxygen atoms in total. The Bertz CT molecular complexity index is 688. The Hall–Kier alpha value is -2.27. The maximum absolute atomic E-state index is 12.2. The number of rotatable bonds is 4. The molecule has 0 saturated carbocycles. The number of nitrogens with one attached hydrogen (secondary N) is 2. The zero-order valence-corrected chi connectivity index (χ0v) is 12.9. The summed E-state index contributed by atoms with van der Waals surface area (Å²) in [7, 11) is 0. The molecule has 0 saturated heterocycles. The molecular formula is C16H16ClN3O2. The smallest absolute Gasteiger partial charge is 0.247 e. The highest BCUT2D eigenvalue weighted by atomic mass is 35.5.